The smallest absolute Gasteiger partial charge is 0.147 e. The van der Waals surface area contributed by atoms with Crippen molar-refractivity contribution < 1.29 is 14.2 Å². The Bertz CT molecular complexity index is 531. The summed E-state index contributed by atoms with van der Waals surface area (Å²) in [6.45, 7) is 0.375. The van der Waals surface area contributed by atoms with Gasteiger partial charge < -0.3 is 9.84 Å². The Balaban J connectivity index is 2.40. The Morgan fingerprint density at radius 1 is 1.28 bits per heavy atom. The first-order valence-corrected chi connectivity index (χ1v) is 5.58. The van der Waals surface area contributed by atoms with Gasteiger partial charge in [0.05, 0.1) is 12.8 Å². The number of benzene rings is 1. The van der Waals surface area contributed by atoms with Gasteiger partial charge in [-0.3, -0.25) is 4.98 Å². The molecule has 4 heteroatoms. The van der Waals surface area contributed by atoms with Crippen molar-refractivity contribution in [2.75, 3.05) is 7.11 Å². The van der Waals surface area contributed by atoms with Crippen molar-refractivity contribution in [1.82, 2.24) is 4.98 Å². The second kappa shape index (κ2) is 5.71. The highest BCUT2D eigenvalue weighted by Crippen LogP contribution is 2.26. The molecule has 18 heavy (non-hydrogen) atoms. The van der Waals surface area contributed by atoms with Gasteiger partial charge >= 0.3 is 0 Å². The van der Waals surface area contributed by atoms with E-state index in [1.807, 2.05) is 12.1 Å². The molecule has 1 N–H and O–H groups in total. The van der Waals surface area contributed by atoms with Crippen LogP contribution in [0.3, 0.4) is 0 Å². The number of methoxy groups -OCH3 is 1. The van der Waals surface area contributed by atoms with E-state index < -0.39 is 11.9 Å². The van der Waals surface area contributed by atoms with Crippen molar-refractivity contribution in [2.45, 2.75) is 12.7 Å². The van der Waals surface area contributed by atoms with E-state index in [2.05, 4.69) is 4.98 Å². The summed E-state index contributed by atoms with van der Waals surface area (Å²) in [5, 5.41) is 10.3. The molecule has 3 nitrogen and oxygen atoms in total. The Morgan fingerprint density at radius 3 is 2.78 bits per heavy atom. The van der Waals surface area contributed by atoms with E-state index in [1.54, 1.807) is 19.2 Å². The minimum absolute atomic E-state index is 0.216. The first-order valence-electron chi connectivity index (χ1n) is 5.58. The molecule has 0 fully saturated rings. The average Bonchev–Trinajstić information content (AvgIpc) is 2.40. The zero-order chi connectivity index (χ0) is 13.0. The van der Waals surface area contributed by atoms with Gasteiger partial charge in [0.15, 0.2) is 0 Å². The molecule has 2 rings (SSSR count). The summed E-state index contributed by atoms with van der Waals surface area (Å²) in [7, 11) is 1.58. The zero-order valence-electron chi connectivity index (χ0n) is 10.0. The summed E-state index contributed by atoms with van der Waals surface area (Å²) >= 11 is 0. The Morgan fingerprint density at radius 2 is 2.06 bits per heavy atom. The van der Waals surface area contributed by atoms with Crippen molar-refractivity contribution in [3.8, 4) is 0 Å². The predicted octanol–water partition coefficient (Wildman–Crippen LogP) is 2.45. The van der Waals surface area contributed by atoms with Gasteiger partial charge in [-0.05, 0) is 17.2 Å². The van der Waals surface area contributed by atoms with Crippen LogP contribution in [0.15, 0.2) is 42.7 Å². The van der Waals surface area contributed by atoms with Crippen molar-refractivity contribution >= 4 is 0 Å². The summed E-state index contributed by atoms with van der Waals surface area (Å²) < 4.78 is 18.7. The number of aliphatic hydroxyl groups is 1. The fraction of sp³-hybridized carbons (Fsp3) is 0.214. The first kappa shape index (κ1) is 12.7. The minimum atomic E-state index is -1.01. The standard InChI is InChI=1S/C14H14FNO2/c1-18-9-10-4-2-3-5-11(10)14(17)12-6-7-16-8-13(12)15/h2-8,14,17H,9H2,1H3. The van der Waals surface area contributed by atoms with Crippen molar-refractivity contribution in [3.63, 3.8) is 0 Å². The number of aliphatic hydroxyl groups excluding tert-OH is 1. The molecule has 2 aromatic rings. The molecule has 1 aromatic heterocycles. The van der Waals surface area contributed by atoms with E-state index >= 15 is 0 Å². The normalized spacial score (nSPS) is 12.4. The maximum absolute atomic E-state index is 13.6. The van der Waals surface area contributed by atoms with Gasteiger partial charge in [-0.15, -0.1) is 0 Å². The van der Waals surface area contributed by atoms with Crippen LogP contribution in [-0.4, -0.2) is 17.2 Å². The molecule has 0 aliphatic rings. The third-order valence-electron chi connectivity index (χ3n) is 2.75. The fourth-order valence-electron chi connectivity index (χ4n) is 1.86. The van der Waals surface area contributed by atoms with Crippen LogP contribution in [0.1, 0.15) is 22.8 Å². The van der Waals surface area contributed by atoms with E-state index in [4.69, 9.17) is 4.74 Å². The Labute approximate surface area is 105 Å². The third kappa shape index (κ3) is 2.55. The van der Waals surface area contributed by atoms with Gasteiger partial charge in [-0.25, -0.2) is 4.39 Å². The van der Waals surface area contributed by atoms with E-state index in [1.165, 1.54) is 12.3 Å². The number of rotatable bonds is 4. The largest absolute Gasteiger partial charge is 0.384 e. The van der Waals surface area contributed by atoms with Crippen LogP contribution in [0.5, 0.6) is 0 Å². The molecule has 0 aliphatic carbocycles. The molecular weight excluding hydrogens is 233 g/mol. The summed E-state index contributed by atoms with van der Waals surface area (Å²) in [6.07, 6.45) is 1.54. The van der Waals surface area contributed by atoms with Crippen LogP contribution in [0.2, 0.25) is 0 Å². The number of hydrogen-bond donors (Lipinski definition) is 1. The Kier molecular flexibility index (Phi) is 4.02. The van der Waals surface area contributed by atoms with Gasteiger partial charge in [0.25, 0.3) is 0 Å². The average molecular weight is 247 g/mol. The van der Waals surface area contributed by atoms with Crippen molar-refractivity contribution in [2.24, 2.45) is 0 Å². The van der Waals surface area contributed by atoms with Crippen LogP contribution in [0, 0.1) is 5.82 Å². The highest BCUT2D eigenvalue weighted by Gasteiger charge is 2.17. The number of hydrogen-bond acceptors (Lipinski definition) is 3. The van der Waals surface area contributed by atoms with E-state index in [0.29, 0.717) is 12.2 Å². The lowest BCUT2D eigenvalue weighted by Crippen LogP contribution is -2.06. The third-order valence-corrected chi connectivity index (χ3v) is 2.75. The topological polar surface area (TPSA) is 42.4 Å². The molecule has 0 saturated heterocycles. The van der Waals surface area contributed by atoms with Gasteiger partial charge in [-0.2, -0.15) is 0 Å². The summed E-state index contributed by atoms with van der Waals surface area (Å²) in [5.74, 6) is -0.516. The molecule has 1 aromatic carbocycles. The fourth-order valence-corrected chi connectivity index (χ4v) is 1.86. The SMILES string of the molecule is COCc1ccccc1C(O)c1ccncc1F. The van der Waals surface area contributed by atoms with Gasteiger partial charge in [0.2, 0.25) is 0 Å². The monoisotopic (exact) mass is 247 g/mol. The lowest BCUT2D eigenvalue weighted by molar-refractivity contribution is 0.175. The lowest BCUT2D eigenvalue weighted by atomic mass is 9.97. The molecule has 94 valence electrons. The highest BCUT2D eigenvalue weighted by atomic mass is 19.1. The zero-order valence-corrected chi connectivity index (χ0v) is 10.0. The van der Waals surface area contributed by atoms with Gasteiger partial charge in [-0.1, -0.05) is 24.3 Å². The molecule has 0 amide bonds. The predicted molar refractivity (Wildman–Crippen MR) is 65.4 cm³/mol. The molecule has 1 unspecified atom stereocenters. The summed E-state index contributed by atoms with van der Waals surface area (Å²) in [5.41, 5.74) is 1.70. The van der Waals surface area contributed by atoms with Crippen molar-refractivity contribution in [3.05, 3.63) is 65.2 Å². The molecule has 1 atom stereocenters. The number of pyridine rings is 1. The lowest BCUT2D eigenvalue weighted by Gasteiger charge is -2.15. The molecule has 0 spiro atoms. The highest BCUT2D eigenvalue weighted by molar-refractivity contribution is 5.35. The molecule has 0 bridgehead atoms. The maximum Gasteiger partial charge on any atom is 0.147 e. The quantitative estimate of drug-likeness (QED) is 0.902. The van der Waals surface area contributed by atoms with E-state index in [9.17, 15) is 9.50 Å². The molecule has 0 aliphatic heterocycles. The van der Waals surface area contributed by atoms with E-state index in [-0.39, 0.29) is 5.56 Å². The number of aromatic nitrogens is 1. The van der Waals surface area contributed by atoms with Crippen molar-refractivity contribution in [1.29, 1.82) is 0 Å². The van der Waals surface area contributed by atoms with Crippen LogP contribution >= 0.6 is 0 Å². The summed E-state index contributed by atoms with van der Waals surface area (Å²) in [6, 6.07) is 8.74. The number of nitrogens with zero attached hydrogens (tertiary/aromatic N) is 1. The molecular formula is C14H14FNO2. The van der Waals surface area contributed by atoms with Crippen LogP contribution in [-0.2, 0) is 11.3 Å². The van der Waals surface area contributed by atoms with Crippen LogP contribution in [0.25, 0.3) is 0 Å². The molecule has 1 heterocycles. The first-order chi connectivity index (χ1) is 8.74. The van der Waals surface area contributed by atoms with Crippen LogP contribution in [0.4, 0.5) is 4.39 Å². The molecule has 0 saturated carbocycles. The second-order valence-corrected chi connectivity index (χ2v) is 3.93. The van der Waals surface area contributed by atoms with E-state index in [0.717, 1.165) is 11.8 Å². The second-order valence-electron chi connectivity index (χ2n) is 3.93. The van der Waals surface area contributed by atoms with Crippen LogP contribution < -0.4 is 0 Å². The summed E-state index contributed by atoms with van der Waals surface area (Å²) in [4.78, 5) is 3.67. The maximum atomic E-state index is 13.6. The number of ether oxygens (including phenoxy) is 1. The number of halogens is 1. The van der Waals surface area contributed by atoms with Gasteiger partial charge in [0, 0.05) is 18.9 Å². The molecule has 0 radical (unpaired) electrons. The minimum Gasteiger partial charge on any atom is -0.384 e. The van der Waals surface area contributed by atoms with Gasteiger partial charge in [0.1, 0.15) is 11.9 Å². The Hall–Kier alpha value is -1.78.